The van der Waals surface area contributed by atoms with E-state index >= 15 is 0 Å². The third-order valence-electron chi connectivity index (χ3n) is 4.45. The lowest BCUT2D eigenvalue weighted by Crippen LogP contribution is -2.45. The maximum atomic E-state index is 12.8. The zero-order chi connectivity index (χ0) is 15.9. The molecule has 0 radical (unpaired) electrons. The van der Waals surface area contributed by atoms with Crippen molar-refractivity contribution in [2.75, 3.05) is 26.8 Å². The quantitative estimate of drug-likeness (QED) is 0.325. The van der Waals surface area contributed by atoms with E-state index in [1.807, 2.05) is 0 Å². The van der Waals surface area contributed by atoms with E-state index < -0.39 is 0 Å². The number of oxime groups is 1. The molecule has 0 saturated heterocycles. The molecule has 0 aromatic rings. The Balaban J connectivity index is 2.73. The van der Waals surface area contributed by atoms with E-state index in [1.54, 1.807) is 12.0 Å². The standard InChI is InChI=1S/C15H29N3O3/c1-15(2)8-5-4-6-12(15)14(19)18(10-11-21-3)9-7-13(16)17-20/h12,20H,4-11H2,1-3H3,(H2,16,17). The van der Waals surface area contributed by atoms with Crippen molar-refractivity contribution >= 4 is 11.7 Å². The number of ether oxygens (including phenoxy) is 1. The van der Waals surface area contributed by atoms with Gasteiger partial charge in [-0.05, 0) is 18.3 Å². The summed E-state index contributed by atoms with van der Waals surface area (Å²) in [4.78, 5) is 14.6. The molecule has 1 aliphatic carbocycles. The van der Waals surface area contributed by atoms with Gasteiger partial charge in [0.15, 0.2) is 0 Å². The van der Waals surface area contributed by atoms with Crippen molar-refractivity contribution in [3.63, 3.8) is 0 Å². The van der Waals surface area contributed by atoms with Gasteiger partial charge in [0.2, 0.25) is 5.91 Å². The summed E-state index contributed by atoms with van der Waals surface area (Å²) in [7, 11) is 1.62. The zero-order valence-corrected chi connectivity index (χ0v) is 13.5. The molecule has 122 valence electrons. The highest BCUT2D eigenvalue weighted by molar-refractivity contribution is 5.82. The smallest absolute Gasteiger partial charge is 0.226 e. The lowest BCUT2D eigenvalue weighted by atomic mass is 9.68. The molecule has 1 rings (SSSR count). The van der Waals surface area contributed by atoms with Crippen LogP contribution in [-0.4, -0.2) is 48.7 Å². The lowest BCUT2D eigenvalue weighted by Gasteiger charge is -2.40. The largest absolute Gasteiger partial charge is 0.409 e. The Morgan fingerprint density at radius 1 is 1.43 bits per heavy atom. The second-order valence-electron chi connectivity index (χ2n) is 6.45. The van der Waals surface area contributed by atoms with Crippen LogP contribution in [0.4, 0.5) is 0 Å². The van der Waals surface area contributed by atoms with Crippen molar-refractivity contribution in [1.29, 1.82) is 0 Å². The van der Waals surface area contributed by atoms with Crippen LogP contribution in [0.3, 0.4) is 0 Å². The molecule has 6 heteroatoms. The van der Waals surface area contributed by atoms with Gasteiger partial charge in [-0.2, -0.15) is 0 Å². The van der Waals surface area contributed by atoms with E-state index in [2.05, 4.69) is 19.0 Å². The number of carbonyl (C=O) groups is 1. The highest BCUT2D eigenvalue weighted by Crippen LogP contribution is 2.41. The molecule has 0 aliphatic heterocycles. The zero-order valence-electron chi connectivity index (χ0n) is 13.5. The molecule has 0 spiro atoms. The molecule has 0 aromatic carbocycles. The predicted octanol–water partition coefficient (Wildman–Crippen LogP) is 1.81. The summed E-state index contributed by atoms with van der Waals surface area (Å²) in [6, 6.07) is 0. The van der Waals surface area contributed by atoms with Gasteiger partial charge in [-0.3, -0.25) is 4.79 Å². The number of methoxy groups -OCH3 is 1. The number of hydrogen-bond acceptors (Lipinski definition) is 4. The molecular weight excluding hydrogens is 270 g/mol. The SMILES string of the molecule is COCCN(CCC(N)=NO)C(=O)C1CCCCC1(C)C. The van der Waals surface area contributed by atoms with Gasteiger partial charge in [0, 0.05) is 32.5 Å². The number of amides is 1. The fraction of sp³-hybridized carbons (Fsp3) is 0.867. The second kappa shape index (κ2) is 8.22. The molecule has 0 heterocycles. The Labute approximate surface area is 127 Å². The predicted molar refractivity (Wildman–Crippen MR) is 82.2 cm³/mol. The van der Waals surface area contributed by atoms with Gasteiger partial charge in [0.05, 0.1) is 6.61 Å². The first-order chi connectivity index (χ1) is 9.92. The molecule has 0 aromatic heterocycles. The van der Waals surface area contributed by atoms with E-state index in [1.165, 1.54) is 6.42 Å². The van der Waals surface area contributed by atoms with Gasteiger partial charge in [-0.25, -0.2) is 0 Å². The molecule has 1 unspecified atom stereocenters. The van der Waals surface area contributed by atoms with Crippen LogP contribution in [0.25, 0.3) is 0 Å². The van der Waals surface area contributed by atoms with Crippen LogP contribution in [-0.2, 0) is 9.53 Å². The summed E-state index contributed by atoms with van der Waals surface area (Å²) in [5.41, 5.74) is 5.55. The maximum Gasteiger partial charge on any atom is 0.226 e. The molecule has 21 heavy (non-hydrogen) atoms. The van der Waals surface area contributed by atoms with E-state index in [0.29, 0.717) is 26.1 Å². The van der Waals surface area contributed by atoms with E-state index in [0.717, 1.165) is 19.3 Å². The van der Waals surface area contributed by atoms with Crippen LogP contribution in [0.2, 0.25) is 0 Å². The second-order valence-corrected chi connectivity index (χ2v) is 6.45. The van der Waals surface area contributed by atoms with Crippen molar-refractivity contribution in [1.82, 2.24) is 4.90 Å². The third kappa shape index (κ3) is 5.19. The number of carbonyl (C=O) groups excluding carboxylic acids is 1. The normalized spacial score (nSPS) is 22.0. The van der Waals surface area contributed by atoms with Gasteiger partial charge >= 0.3 is 0 Å². The van der Waals surface area contributed by atoms with Gasteiger partial charge in [0.25, 0.3) is 0 Å². The summed E-state index contributed by atoms with van der Waals surface area (Å²) in [6.45, 7) is 5.85. The van der Waals surface area contributed by atoms with Crippen molar-refractivity contribution in [3.8, 4) is 0 Å². The molecular formula is C15H29N3O3. The van der Waals surface area contributed by atoms with Crippen LogP contribution in [0.15, 0.2) is 5.16 Å². The molecule has 1 fully saturated rings. The van der Waals surface area contributed by atoms with Crippen LogP contribution in [0.5, 0.6) is 0 Å². The summed E-state index contributed by atoms with van der Waals surface area (Å²) in [5, 5.41) is 11.6. The van der Waals surface area contributed by atoms with Crippen molar-refractivity contribution < 1.29 is 14.7 Å². The Bertz CT molecular complexity index is 369. The van der Waals surface area contributed by atoms with E-state index in [9.17, 15) is 4.79 Å². The number of hydrogen-bond donors (Lipinski definition) is 2. The summed E-state index contributed by atoms with van der Waals surface area (Å²) < 4.78 is 5.09. The molecule has 6 nitrogen and oxygen atoms in total. The number of rotatable bonds is 7. The first-order valence-electron chi connectivity index (χ1n) is 7.66. The number of amidine groups is 1. The van der Waals surface area contributed by atoms with E-state index in [4.69, 9.17) is 15.7 Å². The lowest BCUT2D eigenvalue weighted by molar-refractivity contribution is -0.141. The van der Waals surface area contributed by atoms with Gasteiger partial charge in [-0.15, -0.1) is 0 Å². The van der Waals surface area contributed by atoms with Gasteiger partial charge < -0.3 is 20.6 Å². The van der Waals surface area contributed by atoms with E-state index in [-0.39, 0.29) is 23.1 Å². The minimum Gasteiger partial charge on any atom is -0.409 e. The maximum absolute atomic E-state index is 12.8. The van der Waals surface area contributed by atoms with Crippen molar-refractivity contribution in [2.24, 2.45) is 22.2 Å². The highest BCUT2D eigenvalue weighted by atomic mass is 16.5. The topological polar surface area (TPSA) is 88.2 Å². The Morgan fingerprint density at radius 2 is 2.14 bits per heavy atom. The Morgan fingerprint density at radius 3 is 2.71 bits per heavy atom. The molecule has 1 atom stereocenters. The Kier molecular flexibility index (Phi) is 6.95. The minimum absolute atomic E-state index is 0.0390. The first kappa shape index (κ1) is 17.8. The van der Waals surface area contributed by atoms with Crippen LogP contribution in [0, 0.1) is 11.3 Å². The molecule has 3 N–H and O–H groups in total. The average Bonchev–Trinajstić information content (AvgIpc) is 2.46. The van der Waals surface area contributed by atoms with Crippen LogP contribution < -0.4 is 5.73 Å². The Hall–Kier alpha value is -1.30. The summed E-state index contributed by atoms with van der Waals surface area (Å²) >= 11 is 0. The molecule has 1 saturated carbocycles. The highest BCUT2D eigenvalue weighted by Gasteiger charge is 2.39. The van der Waals surface area contributed by atoms with Gasteiger partial charge in [0.1, 0.15) is 5.84 Å². The summed E-state index contributed by atoms with van der Waals surface area (Å²) in [6.07, 6.45) is 4.71. The molecule has 0 bridgehead atoms. The minimum atomic E-state index is 0.0390. The fourth-order valence-electron chi connectivity index (χ4n) is 3.01. The number of nitrogens with two attached hydrogens (primary N) is 1. The first-order valence-corrected chi connectivity index (χ1v) is 7.66. The third-order valence-corrected chi connectivity index (χ3v) is 4.45. The molecule has 1 amide bonds. The fourth-order valence-corrected chi connectivity index (χ4v) is 3.01. The molecule has 1 aliphatic rings. The summed E-state index contributed by atoms with van der Waals surface area (Å²) in [5.74, 6) is 0.367. The van der Waals surface area contributed by atoms with Crippen molar-refractivity contribution in [3.05, 3.63) is 0 Å². The van der Waals surface area contributed by atoms with Gasteiger partial charge in [-0.1, -0.05) is 31.8 Å². The average molecular weight is 299 g/mol. The number of nitrogens with zero attached hydrogens (tertiary/aromatic N) is 2. The van der Waals surface area contributed by atoms with Crippen molar-refractivity contribution in [2.45, 2.75) is 46.0 Å². The monoisotopic (exact) mass is 299 g/mol. The van der Waals surface area contributed by atoms with Crippen LogP contribution in [0.1, 0.15) is 46.0 Å². The van der Waals surface area contributed by atoms with Crippen LogP contribution >= 0.6 is 0 Å².